The van der Waals surface area contributed by atoms with E-state index in [9.17, 15) is 47.6 Å². The monoisotopic (exact) mass is 716 g/mol. The quantitative estimate of drug-likeness (QED) is 0.0415. The van der Waals surface area contributed by atoms with Crippen LogP contribution in [-0.2, 0) is 33.2 Å². The van der Waals surface area contributed by atoms with Gasteiger partial charge in [-0.25, -0.2) is 19.5 Å². The third-order valence-electron chi connectivity index (χ3n) is 7.74. The van der Waals surface area contributed by atoms with Gasteiger partial charge in [-0.15, -0.1) is 0 Å². The number of aromatic nitrogens is 9. The van der Waals surface area contributed by atoms with Crippen molar-refractivity contribution in [3.8, 4) is 0 Å². The van der Waals surface area contributed by atoms with Crippen molar-refractivity contribution in [2.24, 2.45) is 0 Å². The largest absolute Gasteiger partial charge is 0.472 e. The molecule has 5 aromatic rings. The van der Waals surface area contributed by atoms with E-state index in [0.29, 0.717) is 0 Å². The van der Waals surface area contributed by atoms with Crippen molar-refractivity contribution in [1.29, 1.82) is 0 Å². The Morgan fingerprint density at radius 2 is 1.60 bits per heavy atom. The van der Waals surface area contributed by atoms with E-state index < -0.39 is 90.9 Å². The van der Waals surface area contributed by atoms with Crippen molar-refractivity contribution in [3.63, 3.8) is 0 Å². The summed E-state index contributed by atoms with van der Waals surface area (Å²) in [5.41, 5.74) is 4.53. The molecule has 26 heteroatoms. The molecule has 258 valence electrons. The van der Waals surface area contributed by atoms with Crippen LogP contribution in [0.5, 0.6) is 0 Å². The average Bonchev–Trinajstić information content (AvgIpc) is 3.84. The Bertz CT molecular complexity index is 2260. The highest BCUT2D eigenvalue weighted by Gasteiger charge is 2.50. The number of phosphoric ester groups is 1. The predicted octanol–water partition coefficient (Wildman–Crippen LogP) is -3.59. The maximum atomic E-state index is 13.0. The molecule has 48 heavy (non-hydrogen) atoms. The lowest BCUT2D eigenvalue weighted by Crippen LogP contribution is -2.36. The highest BCUT2D eigenvalue weighted by Crippen LogP contribution is 2.49. The van der Waals surface area contributed by atoms with E-state index in [1.165, 1.54) is 12.4 Å². The van der Waals surface area contributed by atoms with Gasteiger partial charge >= 0.3 is 17.9 Å². The van der Waals surface area contributed by atoms with Gasteiger partial charge in [0.25, 0.3) is 10.7 Å². The number of aliphatic hydroxyl groups is 4. The molecule has 1 unspecified atom stereocenters. The molecule has 0 bridgehead atoms. The Labute approximate surface area is 265 Å². The molecular formula is C22H25N10O14PS. The number of aromatic amines is 1. The Morgan fingerprint density at radius 1 is 0.958 bits per heavy atom. The molecule has 2 aliphatic rings. The summed E-state index contributed by atoms with van der Waals surface area (Å²) >= 11 is 0. The molecule has 0 radical (unpaired) electrons. The Balaban J connectivity index is 1.07. The van der Waals surface area contributed by atoms with Gasteiger partial charge in [0.1, 0.15) is 36.6 Å². The molecule has 0 aliphatic carbocycles. The Hall–Kier alpha value is -3.98. The molecular weight excluding hydrogens is 691 g/mol. The Kier molecular flexibility index (Phi) is 7.85. The number of hydrogen-bond donors (Lipinski definition) is 8. The summed E-state index contributed by atoms with van der Waals surface area (Å²) in [6, 6.07) is 0. The van der Waals surface area contributed by atoms with E-state index in [1.807, 2.05) is 0 Å². The van der Waals surface area contributed by atoms with Crippen LogP contribution in [0.4, 0.5) is 5.95 Å². The molecule has 2 fully saturated rings. The van der Waals surface area contributed by atoms with Gasteiger partial charge in [-0.2, -0.15) is 18.4 Å². The highest BCUT2D eigenvalue weighted by molar-refractivity contribution is 7.85. The van der Waals surface area contributed by atoms with Gasteiger partial charge in [0.2, 0.25) is 5.95 Å². The van der Waals surface area contributed by atoms with Crippen LogP contribution in [0.25, 0.3) is 28.0 Å². The second-order valence-corrected chi connectivity index (χ2v) is 13.4. The zero-order valence-electron chi connectivity index (χ0n) is 23.8. The number of nitrogen functional groups attached to an aromatic ring is 1. The van der Waals surface area contributed by atoms with E-state index in [0.717, 1.165) is 26.2 Å². The summed E-state index contributed by atoms with van der Waals surface area (Å²) in [4.78, 5) is 44.9. The fourth-order valence-corrected chi connectivity index (χ4v) is 7.14. The topological polar surface area (TPSA) is 347 Å². The number of aliphatic hydroxyl groups excluding tert-OH is 4. The lowest BCUT2D eigenvalue weighted by Gasteiger charge is -2.23. The first-order valence-electron chi connectivity index (χ1n) is 13.7. The normalized spacial score (nSPS) is 29.4. The highest BCUT2D eigenvalue weighted by atomic mass is 32.2. The average molecular weight is 717 g/mol. The molecule has 2 saturated heterocycles. The SMILES string of the molecule is Nc1nc2c(ncn2[C@@H]2O[C@H](CO)[C@@H](OP(=O)(O)OC[C@H]3O[C@@H](n4cnc5c4nc(S(=O)(=O)O)n4ccnc54)[C@H](O)[C@@H]3O)[C@H]2O)c(=O)[nH]1. The molecule has 9 atom stereocenters. The van der Waals surface area contributed by atoms with Crippen LogP contribution in [0.2, 0.25) is 0 Å². The molecule has 0 spiro atoms. The zero-order chi connectivity index (χ0) is 34.3. The number of imidazole rings is 3. The van der Waals surface area contributed by atoms with Crippen LogP contribution in [0, 0.1) is 0 Å². The van der Waals surface area contributed by atoms with E-state index in [-0.39, 0.29) is 33.9 Å². The molecule has 2 aliphatic heterocycles. The summed E-state index contributed by atoms with van der Waals surface area (Å²) in [6.07, 6.45) is -7.98. The Morgan fingerprint density at radius 3 is 2.29 bits per heavy atom. The summed E-state index contributed by atoms with van der Waals surface area (Å²) < 4.78 is 71.3. The van der Waals surface area contributed by atoms with Crippen LogP contribution in [0.15, 0.2) is 35.0 Å². The number of H-pyrrole nitrogens is 1. The second kappa shape index (κ2) is 11.6. The second-order valence-electron chi connectivity index (χ2n) is 10.7. The first kappa shape index (κ1) is 32.6. The number of ether oxygens (including phenoxy) is 2. The van der Waals surface area contributed by atoms with Crippen molar-refractivity contribution in [2.45, 2.75) is 54.2 Å². The number of fused-ring (bicyclic) bond motifs is 4. The summed E-state index contributed by atoms with van der Waals surface area (Å²) in [6.45, 7) is -1.66. The zero-order valence-corrected chi connectivity index (χ0v) is 25.5. The van der Waals surface area contributed by atoms with E-state index in [2.05, 4.69) is 29.9 Å². The molecule has 9 N–H and O–H groups in total. The fourth-order valence-electron chi connectivity index (χ4n) is 5.57. The van der Waals surface area contributed by atoms with Crippen LogP contribution < -0.4 is 11.3 Å². The number of rotatable bonds is 9. The van der Waals surface area contributed by atoms with Crippen molar-refractivity contribution in [2.75, 3.05) is 18.9 Å². The first-order chi connectivity index (χ1) is 22.7. The van der Waals surface area contributed by atoms with Gasteiger partial charge < -0.3 is 40.5 Å². The number of nitrogens with one attached hydrogen (secondary N) is 1. The number of phosphoric acid groups is 1. The van der Waals surface area contributed by atoms with E-state index in [1.54, 1.807) is 0 Å². The van der Waals surface area contributed by atoms with Crippen LogP contribution in [-0.4, -0.2) is 132 Å². The number of hydrogen-bond acceptors (Lipinski definition) is 18. The van der Waals surface area contributed by atoms with Gasteiger partial charge in [0, 0.05) is 12.4 Å². The molecule has 7 rings (SSSR count). The van der Waals surface area contributed by atoms with Gasteiger partial charge in [-0.1, -0.05) is 0 Å². The number of nitrogens with two attached hydrogens (primary N) is 1. The van der Waals surface area contributed by atoms with E-state index >= 15 is 0 Å². The third-order valence-corrected chi connectivity index (χ3v) is 9.48. The maximum absolute atomic E-state index is 13.0. The number of anilines is 1. The smallest absolute Gasteiger partial charge is 0.394 e. The third kappa shape index (κ3) is 5.34. The van der Waals surface area contributed by atoms with Crippen LogP contribution >= 0.6 is 7.82 Å². The van der Waals surface area contributed by atoms with Crippen molar-refractivity contribution in [3.05, 3.63) is 35.4 Å². The molecule has 24 nitrogen and oxygen atoms in total. The lowest BCUT2D eigenvalue weighted by molar-refractivity contribution is -0.0585. The minimum atomic E-state index is -5.14. The van der Waals surface area contributed by atoms with Gasteiger partial charge in [0.05, 0.1) is 25.9 Å². The molecule has 5 aromatic heterocycles. The van der Waals surface area contributed by atoms with Crippen LogP contribution in [0.1, 0.15) is 12.5 Å². The lowest BCUT2D eigenvalue weighted by atomic mass is 10.1. The van der Waals surface area contributed by atoms with Gasteiger partial charge in [-0.05, 0) is 0 Å². The molecule has 0 aromatic carbocycles. The summed E-state index contributed by atoms with van der Waals surface area (Å²) in [5, 5.41) is 41.5. The van der Waals surface area contributed by atoms with Crippen molar-refractivity contribution >= 4 is 51.9 Å². The summed E-state index contributed by atoms with van der Waals surface area (Å²) in [7, 11) is -10.00. The van der Waals surface area contributed by atoms with Gasteiger partial charge in [-0.3, -0.25) is 36.9 Å². The van der Waals surface area contributed by atoms with Crippen molar-refractivity contribution in [1.82, 2.24) is 43.4 Å². The first-order valence-corrected chi connectivity index (χ1v) is 16.6. The maximum Gasteiger partial charge on any atom is 0.472 e. The minimum absolute atomic E-state index is 0.00515. The van der Waals surface area contributed by atoms with E-state index in [4.69, 9.17) is 24.3 Å². The van der Waals surface area contributed by atoms with Crippen molar-refractivity contribution < 1.29 is 61.4 Å². The number of nitrogens with zero attached hydrogens (tertiary/aromatic N) is 8. The van der Waals surface area contributed by atoms with Crippen LogP contribution in [0.3, 0.4) is 0 Å². The standard InChI is InChI=1S/C22H25N10O14PS/c23-21-27-17-10(18(37)29-21)26-6-32(17)20-13(36)14(7(3-33)44-20)46-47(38,39)43-4-8-11(34)12(35)19(45-8)31-5-25-9-15-24-1-2-30(15)22(28-16(9)31)48(40,41)42/h1-2,5-8,11-14,19-20,33-36H,3-4H2,(H,38,39)(H,40,41,42)(H3,23,27,29,37)/t7-,8-,11-,12-,13-,14-,19-,20-/m1/s1. The molecule has 0 saturated carbocycles. The summed E-state index contributed by atoms with van der Waals surface area (Å²) in [5.74, 6) is -0.263. The minimum Gasteiger partial charge on any atom is -0.394 e. The molecule has 0 amide bonds. The fraction of sp³-hybridized carbons (Fsp3) is 0.455. The predicted molar refractivity (Wildman–Crippen MR) is 152 cm³/mol. The molecule has 7 heterocycles. The van der Waals surface area contributed by atoms with Gasteiger partial charge in [0.15, 0.2) is 40.4 Å².